The van der Waals surface area contributed by atoms with Gasteiger partial charge in [-0.05, 0) is 37.1 Å². The molecule has 1 amide bonds. The minimum atomic E-state index is -3.70. The molecule has 9 nitrogen and oxygen atoms in total. The summed E-state index contributed by atoms with van der Waals surface area (Å²) in [5.74, 6) is 1.20. The van der Waals surface area contributed by atoms with E-state index in [2.05, 4.69) is 10.3 Å². The van der Waals surface area contributed by atoms with Crippen LogP contribution >= 0.6 is 11.3 Å². The average Bonchev–Trinajstić information content (AvgIpc) is 3.23. The third-order valence-corrected chi connectivity index (χ3v) is 8.55. The van der Waals surface area contributed by atoms with Crippen LogP contribution in [0.4, 0.5) is 5.13 Å². The zero-order valence-electron chi connectivity index (χ0n) is 17.9. The summed E-state index contributed by atoms with van der Waals surface area (Å²) >= 11 is 1.35. The molecule has 3 aromatic rings. The molecule has 0 spiro atoms. The van der Waals surface area contributed by atoms with Crippen LogP contribution in [-0.4, -0.2) is 57.0 Å². The number of piperidine rings is 1. The quantitative estimate of drug-likeness (QED) is 0.587. The lowest BCUT2D eigenvalue weighted by Crippen LogP contribution is -2.43. The SMILES string of the molecule is COc1ccc(S(=O)(=O)N2CCCC(C(=O)Nc3nc4cc5c(cc4s3)OCCO5)C2)cc1. The molecule has 2 aliphatic heterocycles. The molecular formula is C22H23N3O6S2. The Morgan fingerprint density at radius 3 is 2.64 bits per heavy atom. The number of nitrogens with one attached hydrogen (secondary N) is 1. The second-order valence-electron chi connectivity index (χ2n) is 7.85. The number of ether oxygens (including phenoxy) is 3. The first-order valence-corrected chi connectivity index (χ1v) is 12.8. The van der Waals surface area contributed by atoms with Crippen molar-refractivity contribution < 1.29 is 27.4 Å². The minimum absolute atomic E-state index is 0.126. The fraction of sp³-hybridized carbons (Fsp3) is 0.364. The molecule has 2 aliphatic rings. The lowest BCUT2D eigenvalue weighted by molar-refractivity contribution is -0.120. The molecule has 3 heterocycles. The molecular weight excluding hydrogens is 466 g/mol. The van der Waals surface area contributed by atoms with Crippen LogP contribution in [0, 0.1) is 5.92 Å². The average molecular weight is 490 g/mol. The predicted molar refractivity (Wildman–Crippen MR) is 124 cm³/mol. The zero-order chi connectivity index (χ0) is 23.0. The van der Waals surface area contributed by atoms with Gasteiger partial charge in [0.05, 0.1) is 28.1 Å². The maximum atomic E-state index is 13.1. The fourth-order valence-electron chi connectivity index (χ4n) is 4.00. The number of nitrogens with zero attached hydrogens (tertiary/aromatic N) is 2. The van der Waals surface area contributed by atoms with Crippen LogP contribution in [0.5, 0.6) is 17.2 Å². The van der Waals surface area contributed by atoms with Gasteiger partial charge in [0.25, 0.3) is 0 Å². The van der Waals surface area contributed by atoms with Gasteiger partial charge in [0.1, 0.15) is 19.0 Å². The van der Waals surface area contributed by atoms with Crippen LogP contribution in [0.25, 0.3) is 10.2 Å². The van der Waals surface area contributed by atoms with Gasteiger partial charge in [0.15, 0.2) is 16.6 Å². The Morgan fingerprint density at radius 2 is 1.91 bits per heavy atom. The lowest BCUT2D eigenvalue weighted by atomic mass is 9.99. The third-order valence-electron chi connectivity index (χ3n) is 5.73. The molecule has 1 aromatic heterocycles. The Morgan fingerprint density at radius 1 is 1.18 bits per heavy atom. The maximum Gasteiger partial charge on any atom is 0.243 e. The molecule has 5 rings (SSSR count). The zero-order valence-corrected chi connectivity index (χ0v) is 19.6. The van der Waals surface area contributed by atoms with Gasteiger partial charge < -0.3 is 19.5 Å². The van der Waals surface area contributed by atoms with E-state index >= 15 is 0 Å². The van der Waals surface area contributed by atoms with Crippen LogP contribution in [0.1, 0.15) is 12.8 Å². The number of aromatic nitrogens is 1. The summed E-state index contributed by atoms with van der Waals surface area (Å²) in [4.78, 5) is 17.6. The highest BCUT2D eigenvalue weighted by Crippen LogP contribution is 2.38. The highest BCUT2D eigenvalue weighted by Gasteiger charge is 2.33. The predicted octanol–water partition coefficient (Wildman–Crippen LogP) is 3.12. The molecule has 33 heavy (non-hydrogen) atoms. The van der Waals surface area contributed by atoms with Crippen molar-refractivity contribution in [3.05, 3.63) is 36.4 Å². The van der Waals surface area contributed by atoms with Crippen molar-refractivity contribution in [2.75, 3.05) is 38.7 Å². The van der Waals surface area contributed by atoms with E-state index in [-0.39, 0.29) is 17.3 Å². The van der Waals surface area contributed by atoms with Gasteiger partial charge >= 0.3 is 0 Å². The Kier molecular flexibility index (Phi) is 5.85. The number of carbonyl (C=O) groups is 1. The molecule has 1 unspecified atom stereocenters. The van der Waals surface area contributed by atoms with Gasteiger partial charge in [-0.3, -0.25) is 4.79 Å². The fourth-order valence-corrected chi connectivity index (χ4v) is 6.40. The summed E-state index contributed by atoms with van der Waals surface area (Å²) in [7, 11) is -2.17. The number of carbonyl (C=O) groups excluding carboxylic acids is 1. The van der Waals surface area contributed by atoms with Gasteiger partial charge in [0.2, 0.25) is 15.9 Å². The van der Waals surface area contributed by atoms with E-state index in [0.717, 1.165) is 4.70 Å². The summed E-state index contributed by atoms with van der Waals surface area (Å²) in [6.07, 6.45) is 1.22. The number of anilines is 1. The summed E-state index contributed by atoms with van der Waals surface area (Å²) < 4.78 is 44.7. The number of hydrogen-bond acceptors (Lipinski definition) is 8. The number of sulfonamides is 1. The van der Waals surface area contributed by atoms with Crippen molar-refractivity contribution in [1.82, 2.24) is 9.29 Å². The van der Waals surface area contributed by atoms with Crippen molar-refractivity contribution in [3.63, 3.8) is 0 Å². The molecule has 0 bridgehead atoms. The van der Waals surface area contributed by atoms with Crippen molar-refractivity contribution in [2.45, 2.75) is 17.7 Å². The number of thiazole rings is 1. The molecule has 1 atom stereocenters. The van der Waals surface area contributed by atoms with E-state index < -0.39 is 15.9 Å². The number of benzene rings is 2. The van der Waals surface area contributed by atoms with Crippen molar-refractivity contribution in [3.8, 4) is 17.2 Å². The summed E-state index contributed by atoms with van der Waals surface area (Å²) in [6.45, 7) is 1.49. The number of methoxy groups -OCH3 is 1. The molecule has 1 saturated heterocycles. The van der Waals surface area contributed by atoms with E-state index in [4.69, 9.17) is 14.2 Å². The maximum absolute atomic E-state index is 13.1. The summed E-state index contributed by atoms with van der Waals surface area (Å²) in [6, 6.07) is 9.93. The number of amides is 1. The summed E-state index contributed by atoms with van der Waals surface area (Å²) in [5, 5.41) is 3.33. The first-order chi connectivity index (χ1) is 15.9. The van der Waals surface area contributed by atoms with Gasteiger partial charge in [-0.2, -0.15) is 4.31 Å². The molecule has 174 valence electrons. The third kappa shape index (κ3) is 4.35. The highest BCUT2D eigenvalue weighted by atomic mass is 32.2. The Bertz CT molecular complexity index is 1250. The van der Waals surface area contributed by atoms with Crippen molar-refractivity contribution in [1.29, 1.82) is 0 Å². The monoisotopic (exact) mass is 489 g/mol. The largest absolute Gasteiger partial charge is 0.497 e. The molecule has 11 heteroatoms. The topological polar surface area (TPSA) is 107 Å². The van der Waals surface area contributed by atoms with E-state index in [1.54, 1.807) is 18.2 Å². The van der Waals surface area contributed by atoms with E-state index in [1.807, 2.05) is 6.07 Å². The Labute approximate surface area is 195 Å². The molecule has 0 aliphatic carbocycles. The molecule has 2 aromatic carbocycles. The van der Waals surface area contributed by atoms with E-state index in [0.29, 0.717) is 60.5 Å². The van der Waals surface area contributed by atoms with Crippen LogP contribution in [0.3, 0.4) is 0 Å². The van der Waals surface area contributed by atoms with Crippen LogP contribution in [-0.2, 0) is 14.8 Å². The second kappa shape index (κ2) is 8.81. The normalized spacial score (nSPS) is 18.8. The van der Waals surface area contributed by atoms with Gasteiger partial charge in [-0.25, -0.2) is 13.4 Å². The number of rotatable bonds is 5. The summed E-state index contributed by atoms with van der Waals surface area (Å²) in [5.41, 5.74) is 0.715. The van der Waals surface area contributed by atoms with Gasteiger partial charge in [-0.15, -0.1) is 0 Å². The van der Waals surface area contributed by atoms with Gasteiger partial charge in [0, 0.05) is 25.2 Å². The first-order valence-electron chi connectivity index (χ1n) is 10.6. The molecule has 0 radical (unpaired) electrons. The van der Waals surface area contributed by atoms with Crippen LogP contribution < -0.4 is 19.5 Å². The van der Waals surface area contributed by atoms with Gasteiger partial charge in [-0.1, -0.05) is 11.3 Å². The smallest absolute Gasteiger partial charge is 0.243 e. The Balaban J connectivity index is 1.29. The first kappa shape index (κ1) is 21.9. The molecule has 1 N–H and O–H groups in total. The van der Waals surface area contributed by atoms with Crippen LogP contribution in [0.15, 0.2) is 41.3 Å². The number of hydrogen-bond donors (Lipinski definition) is 1. The Hall–Kier alpha value is -2.89. The minimum Gasteiger partial charge on any atom is -0.497 e. The van der Waals surface area contributed by atoms with Crippen LogP contribution in [0.2, 0.25) is 0 Å². The molecule has 1 fully saturated rings. The molecule has 0 saturated carbocycles. The lowest BCUT2D eigenvalue weighted by Gasteiger charge is -2.31. The second-order valence-corrected chi connectivity index (χ2v) is 10.8. The van der Waals surface area contributed by atoms with Crippen molar-refractivity contribution >= 4 is 42.6 Å². The van der Waals surface area contributed by atoms with E-state index in [9.17, 15) is 13.2 Å². The van der Waals surface area contributed by atoms with Crippen molar-refractivity contribution in [2.24, 2.45) is 5.92 Å². The van der Waals surface area contributed by atoms with E-state index in [1.165, 1.54) is 34.9 Å². The standard InChI is InChI=1S/C22H23N3O6S2/c1-29-15-4-6-16(7-5-15)33(27,28)25-8-2-3-14(13-25)21(26)24-22-23-17-11-18-19(12-20(17)32-22)31-10-9-30-18/h4-7,11-12,14H,2-3,8-10,13H2,1H3,(H,23,24,26). The highest BCUT2D eigenvalue weighted by molar-refractivity contribution is 7.89. The number of fused-ring (bicyclic) bond motifs is 2.